The van der Waals surface area contributed by atoms with E-state index >= 15 is 0 Å². The van der Waals surface area contributed by atoms with Gasteiger partial charge in [-0.05, 0) is 45.4 Å². The highest BCUT2D eigenvalue weighted by atomic mass is 16.6. The van der Waals surface area contributed by atoms with Gasteiger partial charge in [-0.2, -0.15) is 0 Å². The lowest BCUT2D eigenvalue weighted by atomic mass is 9.65. The van der Waals surface area contributed by atoms with Crippen LogP contribution in [0.5, 0.6) is 0 Å². The van der Waals surface area contributed by atoms with Crippen molar-refractivity contribution in [2.75, 3.05) is 18.4 Å². The Balaban J connectivity index is 1.49. The fraction of sp³-hybridized carbons (Fsp3) is 0.647. The minimum atomic E-state index is -1.04. The van der Waals surface area contributed by atoms with Crippen molar-refractivity contribution in [2.45, 2.75) is 51.7 Å². The van der Waals surface area contributed by atoms with Crippen LogP contribution in [0.4, 0.5) is 10.7 Å². The fourth-order valence-electron chi connectivity index (χ4n) is 3.53. The number of amides is 1. The molecule has 0 aromatic carbocycles. The number of likely N-dealkylation sites (tertiary alicyclic amines) is 1. The lowest BCUT2D eigenvalue weighted by Gasteiger charge is -2.45. The minimum absolute atomic E-state index is 0.0689. The van der Waals surface area contributed by atoms with E-state index in [4.69, 9.17) is 9.84 Å². The topological polar surface area (TPSA) is 105 Å². The predicted octanol–water partition coefficient (Wildman–Crippen LogP) is 2.38. The molecule has 25 heavy (non-hydrogen) atoms. The van der Waals surface area contributed by atoms with Gasteiger partial charge in [0.2, 0.25) is 5.95 Å². The van der Waals surface area contributed by atoms with Crippen LogP contribution < -0.4 is 5.32 Å². The van der Waals surface area contributed by atoms with E-state index in [-0.39, 0.29) is 23.1 Å². The zero-order chi connectivity index (χ0) is 18.2. The Kier molecular flexibility index (Phi) is 4.30. The smallest absolute Gasteiger partial charge is 0.410 e. The summed E-state index contributed by atoms with van der Waals surface area (Å²) in [5.74, 6) is -0.603. The molecule has 0 atom stereocenters. The van der Waals surface area contributed by atoms with Crippen molar-refractivity contribution >= 4 is 18.0 Å². The summed E-state index contributed by atoms with van der Waals surface area (Å²) in [6.07, 6.45) is 5.21. The molecule has 1 aliphatic carbocycles. The van der Waals surface area contributed by atoms with E-state index in [9.17, 15) is 9.59 Å². The van der Waals surface area contributed by atoms with E-state index < -0.39 is 11.6 Å². The summed E-state index contributed by atoms with van der Waals surface area (Å²) in [5, 5.41) is 12.1. The van der Waals surface area contributed by atoms with E-state index in [2.05, 4.69) is 15.3 Å². The number of ether oxygens (including phenoxy) is 1. The van der Waals surface area contributed by atoms with Crippen LogP contribution in [0.3, 0.4) is 0 Å². The monoisotopic (exact) mass is 348 g/mol. The molecule has 8 heteroatoms. The van der Waals surface area contributed by atoms with Gasteiger partial charge in [-0.1, -0.05) is 0 Å². The summed E-state index contributed by atoms with van der Waals surface area (Å²) >= 11 is 0. The second kappa shape index (κ2) is 6.16. The molecule has 2 heterocycles. The Morgan fingerprint density at radius 1 is 1.32 bits per heavy atom. The molecule has 1 aromatic rings. The Morgan fingerprint density at radius 2 is 1.96 bits per heavy atom. The number of anilines is 1. The van der Waals surface area contributed by atoms with Gasteiger partial charge in [0, 0.05) is 31.5 Å². The van der Waals surface area contributed by atoms with Gasteiger partial charge in [0.05, 0.1) is 5.56 Å². The van der Waals surface area contributed by atoms with Crippen molar-refractivity contribution in [3.05, 3.63) is 18.0 Å². The SMILES string of the molecule is CC(C)(C)OC(=O)N1CCC2(CC(Nc3ncc(C(=O)O)cn3)C2)C1. The second-order valence-electron chi connectivity index (χ2n) is 8.00. The summed E-state index contributed by atoms with van der Waals surface area (Å²) in [4.78, 5) is 32.8. The van der Waals surface area contributed by atoms with Crippen molar-refractivity contribution in [1.29, 1.82) is 0 Å². The minimum Gasteiger partial charge on any atom is -0.478 e. The molecule has 0 radical (unpaired) electrons. The number of carbonyl (C=O) groups excluding carboxylic acids is 1. The molecule has 2 fully saturated rings. The van der Waals surface area contributed by atoms with Crippen LogP contribution in [0, 0.1) is 5.41 Å². The molecule has 8 nitrogen and oxygen atoms in total. The van der Waals surface area contributed by atoms with Crippen molar-refractivity contribution < 1.29 is 19.4 Å². The van der Waals surface area contributed by atoms with Crippen LogP contribution in [0.25, 0.3) is 0 Å². The Hall–Kier alpha value is -2.38. The van der Waals surface area contributed by atoms with Crippen molar-refractivity contribution in [1.82, 2.24) is 14.9 Å². The van der Waals surface area contributed by atoms with Crippen LogP contribution in [-0.4, -0.2) is 56.8 Å². The molecule has 136 valence electrons. The van der Waals surface area contributed by atoms with Crippen LogP contribution >= 0.6 is 0 Å². The molecule has 3 rings (SSSR count). The number of carboxylic acids is 1. The van der Waals surface area contributed by atoms with Gasteiger partial charge >= 0.3 is 12.1 Å². The first-order chi connectivity index (χ1) is 11.7. The van der Waals surface area contributed by atoms with Gasteiger partial charge in [-0.15, -0.1) is 0 Å². The van der Waals surface area contributed by atoms with Crippen molar-refractivity contribution in [3.8, 4) is 0 Å². The fourth-order valence-corrected chi connectivity index (χ4v) is 3.53. The van der Waals surface area contributed by atoms with E-state index in [1.807, 2.05) is 20.8 Å². The highest BCUT2D eigenvalue weighted by Crippen LogP contribution is 2.49. The third-order valence-corrected chi connectivity index (χ3v) is 4.68. The summed E-state index contributed by atoms with van der Waals surface area (Å²) < 4.78 is 5.44. The first-order valence-corrected chi connectivity index (χ1v) is 8.46. The normalized spacial score (nSPS) is 25.6. The van der Waals surface area contributed by atoms with Gasteiger partial charge in [-0.25, -0.2) is 19.6 Å². The van der Waals surface area contributed by atoms with Gasteiger partial charge < -0.3 is 20.1 Å². The molecule has 0 bridgehead atoms. The average molecular weight is 348 g/mol. The van der Waals surface area contributed by atoms with Crippen LogP contribution in [0.1, 0.15) is 50.4 Å². The van der Waals surface area contributed by atoms with Gasteiger partial charge in [0.15, 0.2) is 0 Å². The molecular weight excluding hydrogens is 324 g/mol. The van der Waals surface area contributed by atoms with Crippen molar-refractivity contribution in [2.24, 2.45) is 5.41 Å². The number of carboxylic acid groups (broad SMARTS) is 1. The molecule has 1 aliphatic heterocycles. The Bertz CT molecular complexity index is 662. The highest BCUT2D eigenvalue weighted by Gasteiger charge is 2.50. The van der Waals surface area contributed by atoms with E-state index in [0.29, 0.717) is 5.95 Å². The first kappa shape index (κ1) is 17.4. The molecular formula is C17H24N4O4. The first-order valence-electron chi connectivity index (χ1n) is 8.46. The third kappa shape index (κ3) is 4.00. The lowest BCUT2D eigenvalue weighted by Crippen LogP contribution is -2.47. The van der Waals surface area contributed by atoms with Crippen LogP contribution in [0.2, 0.25) is 0 Å². The second-order valence-corrected chi connectivity index (χ2v) is 8.00. The number of aromatic nitrogens is 2. The number of nitrogens with one attached hydrogen (secondary N) is 1. The summed E-state index contributed by atoms with van der Waals surface area (Å²) in [6.45, 7) is 7.06. The number of hydrogen-bond acceptors (Lipinski definition) is 6. The molecule has 2 aliphatic rings. The molecule has 1 spiro atoms. The molecule has 2 N–H and O–H groups in total. The lowest BCUT2D eigenvalue weighted by molar-refractivity contribution is 0.0237. The largest absolute Gasteiger partial charge is 0.478 e. The maximum absolute atomic E-state index is 12.2. The number of carbonyl (C=O) groups is 2. The zero-order valence-corrected chi connectivity index (χ0v) is 14.8. The molecule has 1 amide bonds. The van der Waals surface area contributed by atoms with Crippen LogP contribution in [-0.2, 0) is 4.74 Å². The number of rotatable bonds is 3. The Labute approximate surface area is 146 Å². The van der Waals surface area contributed by atoms with E-state index in [1.54, 1.807) is 4.90 Å². The third-order valence-electron chi connectivity index (χ3n) is 4.68. The quantitative estimate of drug-likeness (QED) is 0.864. The number of aromatic carboxylic acids is 1. The number of hydrogen-bond donors (Lipinski definition) is 2. The zero-order valence-electron chi connectivity index (χ0n) is 14.8. The summed E-state index contributed by atoms with van der Waals surface area (Å²) in [7, 11) is 0. The standard InChI is InChI=1S/C17H24N4O4/c1-16(2,3)25-15(24)21-5-4-17(10-21)6-12(7-17)20-14-18-8-11(9-19-14)13(22)23/h8-9,12H,4-7,10H2,1-3H3,(H,22,23)(H,18,19,20). The summed E-state index contributed by atoms with van der Waals surface area (Å²) in [6, 6.07) is 0.245. The van der Waals surface area contributed by atoms with E-state index in [0.717, 1.165) is 32.4 Å². The Morgan fingerprint density at radius 3 is 2.52 bits per heavy atom. The van der Waals surface area contributed by atoms with E-state index in [1.165, 1.54) is 12.4 Å². The molecule has 1 saturated carbocycles. The molecule has 1 saturated heterocycles. The number of nitrogens with zero attached hydrogens (tertiary/aromatic N) is 3. The van der Waals surface area contributed by atoms with Crippen LogP contribution in [0.15, 0.2) is 12.4 Å². The van der Waals surface area contributed by atoms with Gasteiger partial charge in [-0.3, -0.25) is 0 Å². The maximum Gasteiger partial charge on any atom is 0.410 e. The summed E-state index contributed by atoms with van der Waals surface area (Å²) in [5.41, 5.74) is -0.259. The molecule has 1 aromatic heterocycles. The average Bonchev–Trinajstić information content (AvgIpc) is 2.91. The predicted molar refractivity (Wildman–Crippen MR) is 90.5 cm³/mol. The van der Waals surface area contributed by atoms with Gasteiger partial charge in [0.1, 0.15) is 5.60 Å². The highest BCUT2D eigenvalue weighted by molar-refractivity contribution is 5.86. The maximum atomic E-state index is 12.2. The van der Waals surface area contributed by atoms with Crippen molar-refractivity contribution in [3.63, 3.8) is 0 Å². The molecule has 0 unspecified atom stereocenters. The van der Waals surface area contributed by atoms with Gasteiger partial charge in [0.25, 0.3) is 0 Å².